The molecule has 0 amide bonds. The number of hydrogen-bond donors (Lipinski definition) is 2. The molecular formula is C10H7F6O6P. The Morgan fingerprint density at radius 3 is 1.96 bits per heavy atom. The molecule has 0 atom stereocenters. The third-order valence-corrected chi connectivity index (χ3v) is 2.76. The van der Waals surface area contributed by atoms with Gasteiger partial charge in [0.15, 0.2) is 0 Å². The van der Waals surface area contributed by atoms with E-state index in [-0.39, 0.29) is 6.07 Å². The molecule has 0 fully saturated rings. The van der Waals surface area contributed by atoms with E-state index in [1.807, 2.05) is 0 Å². The van der Waals surface area contributed by atoms with Gasteiger partial charge in [0.2, 0.25) is 0 Å². The molecule has 6 nitrogen and oxygen atoms in total. The van der Waals surface area contributed by atoms with Gasteiger partial charge in [-0.15, -0.1) is 0 Å². The first kappa shape index (κ1) is 19.3. The van der Waals surface area contributed by atoms with Crippen molar-refractivity contribution in [2.75, 3.05) is 7.11 Å². The van der Waals surface area contributed by atoms with Crippen molar-refractivity contribution < 1.29 is 54.7 Å². The quantitative estimate of drug-likeness (QED) is 0.630. The Morgan fingerprint density at radius 1 is 1.09 bits per heavy atom. The van der Waals surface area contributed by atoms with Gasteiger partial charge in [-0.2, -0.15) is 26.3 Å². The van der Waals surface area contributed by atoms with E-state index in [0.29, 0.717) is 7.11 Å². The van der Waals surface area contributed by atoms with E-state index in [4.69, 9.17) is 9.79 Å². The van der Waals surface area contributed by atoms with E-state index in [1.54, 1.807) is 0 Å². The van der Waals surface area contributed by atoms with Gasteiger partial charge in [-0.3, -0.25) is 9.79 Å². The van der Waals surface area contributed by atoms with Gasteiger partial charge in [0, 0.05) is 0 Å². The maximum Gasteiger partial charge on any atom is 0.527 e. The van der Waals surface area contributed by atoms with Crippen molar-refractivity contribution in [1.82, 2.24) is 0 Å². The molecule has 0 saturated heterocycles. The predicted molar refractivity (Wildman–Crippen MR) is 60.5 cm³/mol. The first-order chi connectivity index (χ1) is 10.2. The minimum absolute atomic E-state index is 0.0749. The standard InChI is InChI=1S/C10H7F6O6P/c1-21-6-3-4(9(11,12)13)2-5(10(14,15)16)7(6)8(17)22-23(18,19)20/h2-3H,1H3,(H2,18,19,20). The summed E-state index contributed by atoms with van der Waals surface area (Å²) in [6.07, 6.45) is -10.6. The van der Waals surface area contributed by atoms with Gasteiger partial charge in [0.1, 0.15) is 11.3 Å². The van der Waals surface area contributed by atoms with Crippen LogP contribution in [0.3, 0.4) is 0 Å². The van der Waals surface area contributed by atoms with Crippen LogP contribution in [0.25, 0.3) is 0 Å². The van der Waals surface area contributed by atoms with E-state index in [1.165, 1.54) is 0 Å². The maximum absolute atomic E-state index is 12.9. The van der Waals surface area contributed by atoms with E-state index in [9.17, 15) is 35.7 Å². The molecular weight excluding hydrogens is 361 g/mol. The number of ether oxygens (including phenoxy) is 1. The fourth-order valence-corrected chi connectivity index (χ4v) is 1.84. The van der Waals surface area contributed by atoms with Crippen LogP contribution in [0.5, 0.6) is 5.75 Å². The Morgan fingerprint density at radius 2 is 1.61 bits per heavy atom. The molecule has 0 unspecified atom stereocenters. The first-order valence-corrected chi connectivity index (χ1v) is 6.85. The van der Waals surface area contributed by atoms with Gasteiger partial charge >= 0.3 is 26.1 Å². The second-order valence-electron chi connectivity index (χ2n) is 3.97. The summed E-state index contributed by atoms with van der Waals surface area (Å²) in [5, 5.41) is 0. The topological polar surface area (TPSA) is 93.1 Å². The number of benzene rings is 1. The van der Waals surface area contributed by atoms with E-state index >= 15 is 0 Å². The van der Waals surface area contributed by atoms with E-state index in [2.05, 4.69) is 9.26 Å². The number of phosphoric ester groups is 1. The van der Waals surface area contributed by atoms with Crippen LogP contribution in [0.2, 0.25) is 0 Å². The van der Waals surface area contributed by atoms with Crippen LogP contribution >= 0.6 is 7.82 Å². The molecule has 13 heteroatoms. The average Bonchev–Trinajstić information content (AvgIpc) is 2.32. The normalized spacial score (nSPS) is 12.9. The monoisotopic (exact) mass is 368 g/mol. The summed E-state index contributed by atoms with van der Waals surface area (Å²) < 4.78 is 94.9. The zero-order chi connectivity index (χ0) is 18.2. The van der Waals surface area contributed by atoms with Gasteiger partial charge in [0.05, 0.1) is 18.2 Å². The lowest BCUT2D eigenvalue weighted by molar-refractivity contribution is -0.143. The average molecular weight is 368 g/mol. The second-order valence-corrected chi connectivity index (χ2v) is 5.13. The van der Waals surface area contributed by atoms with E-state index in [0.717, 1.165) is 0 Å². The molecule has 0 radical (unpaired) electrons. The number of hydrogen-bond acceptors (Lipinski definition) is 4. The van der Waals surface area contributed by atoms with Crippen molar-refractivity contribution in [2.45, 2.75) is 12.4 Å². The van der Waals surface area contributed by atoms with Gasteiger partial charge in [-0.25, -0.2) is 9.36 Å². The largest absolute Gasteiger partial charge is 0.527 e. The molecule has 2 N–H and O–H groups in total. The van der Waals surface area contributed by atoms with Crippen LogP contribution in [0.1, 0.15) is 21.5 Å². The molecule has 0 heterocycles. The molecule has 0 aliphatic heterocycles. The van der Waals surface area contributed by atoms with Crippen molar-refractivity contribution in [2.24, 2.45) is 0 Å². The third-order valence-electron chi connectivity index (χ3n) is 2.36. The highest BCUT2D eigenvalue weighted by Gasteiger charge is 2.43. The lowest BCUT2D eigenvalue weighted by Gasteiger charge is -2.18. The summed E-state index contributed by atoms with van der Waals surface area (Å²) in [5.74, 6) is -3.39. The summed E-state index contributed by atoms with van der Waals surface area (Å²) in [6.45, 7) is 0. The molecule has 1 aromatic carbocycles. The molecule has 0 spiro atoms. The minimum Gasteiger partial charge on any atom is -0.496 e. The zero-order valence-corrected chi connectivity index (χ0v) is 11.8. The highest BCUT2D eigenvalue weighted by Crippen LogP contribution is 2.44. The lowest BCUT2D eigenvalue weighted by atomic mass is 10.0. The molecule has 0 aliphatic rings. The smallest absolute Gasteiger partial charge is 0.496 e. The predicted octanol–water partition coefficient (Wildman–Crippen LogP) is 2.98. The van der Waals surface area contributed by atoms with Gasteiger partial charge in [-0.05, 0) is 12.1 Å². The zero-order valence-electron chi connectivity index (χ0n) is 10.9. The van der Waals surface area contributed by atoms with E-state index < -0.39 is 54.7 Å². The summed E-state index contributed by atoms with van der Waals surface area (Å²) in [5.41, 5.74) is -5.46. The van der Waals surface area contributed by atoms with Crippen LogP contribution in [0, 0.1) is 0 Å². The van der Waals surface area contributed by atoms with Crippen molar-refractivity contribution in [3.8, 4) is 5.75 Å². The van der Waals surface area contributed by atoms with Crippen molar-refractivity contribution in [1.29, 1.82) is 0 Å². The SMILES string of the molecule is COc1cc(C(F)(F)F)cc(C(F)(F)F)c1C(=O)OP(=O)(O)O. The fourth-order valence-electron chi connectivity index (χ4n) is 1.53. The summed E-state index contributed by atoms with van der Waals surface area (Å²) in [7, 11) is -4.86. The Kier molecular flexibility index (Phi) is 5.04. The Labute approximate surface area is 123 Å². The maximum atomic E-state index is 12.9. The van der Waals surface area contributed by atoms with Crippen LogP contribution in [0.4, 0.5) is 26.3 Å². The highest BCUT2D eigenvalue weighted by molar-refractivity contribution is 7.46. The highest BCUT2D eigenvalue weighted by atomic mass is 31.2. The molecule has 0 aromatic heterocycles. The molecule has 130 valence electrons. The van der Waals surface area contributed by atoms with Crippen LogP contribution in [-0.2, 0) is 21.4 Å². The minimum atomic E-state index is -5.53. The Bertz CT molecular complexity index is 661. The second kappa shape index (κ2) is 6.02. The van der Waals surface area contributed by atoms with Gasteiger partial charge in [0.25, 0.3) is 0 Å². The van der Waals surface area contributed by atoms with Crippen molar-refractivity contribution in [3.63, 3.8) is 0 Å². The molecule has 0 bridgehead atoms. The van der Waals surface area contributed by atoms with Gasteiger partial charge < -0.3 is 9.26 Å². The van der Waals surface area contributed by atoms with Crippen LogP contribution in [-0.4, -0.2) is 22.9 Å². The third kappa shape index (κ3) is 4.85. The molecule has 1 aromatic rings. The number of phosphoric acid groups is 1. The summed E-state index contributed by atoms with van der Waals surface area (Å²) in [6, 6.07) is -0.315. The number of alkyl halides is 6. The summed E-state index contributed by atoms with van der Waals surface area (Å²) in [4.78, 5) is 28.4. The number of carbonyl (C=O) groups excluding carboxylic acids is 1. The van der Waals surface area contributed by atoms with Gasteiger partial charge in [-0.1, -0.05) is 0 Å². The molecule has 0 aliphatic carbocycles. The number of carbonyl (C=O) groups is 1. The number of rotatable bonds is 3. The van der Waals surface area contributed by atoms with Crippen LogP contribution in [0.15, 0.2) is 12.1 Å². The fraction of sp³-hybridized carbons (Fsp3) is 0.300. The Hall–Kier alpha value is -1.78. The van der Waals surface area contributed by atoms with Crippen molar-refractivity contribution in [3.05, 3.63) is 28.8 Å². The Balaban J connectivity index is 3.67. The first-order valence-electron chi connectivity index (χ1n) is 5.32. The summed E-state index contributed by atoms with van der Waals surface area (Å²) >= 11 is 0. The molecule has 1 rings (SSSR count). The lowest BCUT2D eigenvalue weighted by Crippen LogP contribution is -2.18. The number of methoxy groups -OCH3 is 1. The molecule has 23 heavy (non-hydrogen) atoms. The van der Waals surface area contributed by atoms with Crippen LogP contribution < -0.4 is 4.74 Å². The number of halogens is 6. The molecule has 0 saturated carbocycles. The van der Waals surface area contributed by atoms with Crippen molar-refractivity contribution >= 4 is 13.8 Å².